The molecule has 0 bridgehead atoms. The van der Waals surface area contributed by atoms with Crippen LogP contribution in [-0.2, 0) is 4.79 Å². The van der Waals surface area contributed by atoms with Crippen LogP contribution in [0, 0.1) is 0 Å². The van der Waals surface area contributed by atoms with Gasteiger partial charge in [0.15, 0.2) is 0 Å². The van der Waals surface area contributed by atoms with Crippen LogP contribution < -0.4 is 4.74 Å². The summed E-state index contributed by atoms with van der Waals surface area (Å²) in [5.41, 5.74) is 0. The monoisotopic (exact) mass is 176 g/mol. The zero-order valence-corrected chi connectivity index (χ0v) is 6.41. The van der Waals surface area contributed by atoms with E-state index in [4.69, 9.17) is 4.74 Å². The van der Waals surface area contributed by atoms with Crippen LogP contribution in [0.15, 0.2) is 30.3 Å². The number of esters is 1. The first-order valence-corrected chi connectivity index (χ1v) is 3.58. The van der Waals surface area contributed by atoms with E-state index in [-0.39, 0.29) is 29.0 Å². The number of carbonyl (C=O) groups excluding carboxylic acids is 1. The second kappa shape index (κ2) is 6.03. The molecule has 3 heteroatoms. The normalized spacial score (nSPS) is 8.42. The van der Waals surface area contributed by atoms with Crippen LogP contribution in [0.4, 0.5) is 0 Å². The summed E-state index contributed by atoms with van der Waals surface area (Å²) >= 11 is 0. The number of rotatable bonds is 2. The second-order valence-corrected chi connectivity index (χ2v) is 2.14. The number of hydrogen-bond donors (Lipinski definition) is 0. The molecule has 0 aliphatic heterocycles. The molecule has 0 amide bonds. The van der Waals surface area contributed by atoms with E-state index >= 15 is 0 Å². The molecule has 0 atom stereocenters. The van der Waals surface area contributed by atoms with Crippen molar-refractivity contribution in [3.05, 3.63) is 30.3 Å². The largest absolute Gasteiger partial charge is 0.427 e. The van der Waals surface area contributed by atoms with Gasteiger partial charge < -0.3 is 4.74 Å². The summed E-state index contributed by atoms with van der Waals surface area (Å²) in [6.45, 7) is 1.77. The predicted molar refractivity (Wildman–Crippen MR) is 50.9 cm³/mol. The zero-order valence-electron chi connectivity index (χ0n) is 6.41. The fourth-order valence-electron chi connectivity index (χ4n) is 0.692. The van der Waals surface area contributed by atoms with Gasteiger partial charge in [-0.1, -0.05) is 25.1 Å². The van der Waals surface area contributed by atoms with Gasteiger partial charge in [0.2, 0.25) is 0 Å². The van der Waals surface area contributed by atoms with Crippen molar-refractivity contribution < 1.29 is 9.53 Å². The van der Waals surface area contributed by atoms with Gasteiger partial charge in [-0.15, -0.1) is 0 Å². The highest BCUT2D eigenvalue weighted by Gasteiger charge is 1.98. The molecule has 0 saturated heterocycles. The minimum Gasteiger partial charge on any atom is -0.427 e. The van der Waals surface area contributed by atoms with Gasteiger partial charge in [-0.25, -0.2) is 0 Å². The molecule has 0 unspecified atom stereocenters. The van der Waals surface area contributed by atoms with Crippen LogP contribution >= 0.6 is 0 Å². The first-order valence-electron chi connectivity index (χ1n) is 3.58. The lowest BCUT2D eigenvalue weighted by atomic mass is 10.3. The molecule has 0 N–H and O–H groups in total. The molecule has 0 aromatic heterocycles. The number of carbonyl (C=O) groups is 1. The van der Waals surface area contributed by atoms with Gasteiger partial charge in [-0.05, 0) is 12.1 Å². The molecule has 0 spiro atoms. The summed E-state index contributed by atoms with van der Waals surface area (Å²) in [7, 11) is 0. The van der Waals surface area contributed by atoms with E-state index in [1.807, 2.05) is 18.2 Å². The summed E-state index contributed by atoms with van der Waals surface area (Å²) in [6, 6.07) is 9.06. The molecule has 0 heterocycles. The van der Waals surface area contributed by atoms with Gasteiger partial charge in [0.1, 0.15) is 5.75 Å². The Bertz CT molecular complexity index is 234. The molecule has 0 saturated carbocycles. The maximum absolute atomic E-state index is 10.8. The van der Waals surface area contributed by atoms with E-state index in [9.17, 15) is 4.79 Å². The summed E-state index contributed by atoms with van der Waals surface area (Å²) in [6.07, 6.45) is 0.412. The van der Waals surface area contributed by atoms with Gasteiger partial charge >= 0.3 is 29.0 Å². The van der Waals surface area contributed by atoms with E-state index in [2.05, 4.69) is 0 Å². The minimum absolute atomic E-state index is 0. The highest BCUT2D eigenvalue weighted by Crippen LogP contribution is 2.08. The molecule has 0 radical (unpaired) electrons. The Kier molecular flexibility index (Phi) is 5.75. The van der Waals surface area contributed by atoms with Gasteiger partial charge in [0, 0.05) is 6.42 Å². The number of benzene rings is 1. The van der Waals surface area contributed by atoms with Gasteiger partial charge in [0.05, 0.1) is 0 Å². The summed E-state index contributed by atoms with van der Waals surface area (Å²) < 4.78 is 4.92. The zero-order chi connectivity index (χ0) is 8.10. The lowest BCUT2D eigenvalue weighted by molar-refractivity contribution is -0.134. The quantitative estimate of drug-likeness (QED) is 0.383. The Labute approximate surface area is 88.1 Å². The van der Waals surface area contributed by atoms with Crippen LogP contribution in [0.5, 0.6) is 5.75 Å². The highest BCUT2D eigenvalue weighted by molar-refractivity contribution is 5.75. The maximum atomic E-state index is 10.8. The first-order chi connectivity index (χ1) is 5.33. The number of hydrogen-bond acceptors (Lipinski definition) is 2. The molecule has 0 aliphatic rings. The van der Waals surface area contributed by atoms with Crippen LogP contribution in [0.25, 0.3) is 0 Å². The summed E-state index contributed by atoms with van der Waals surface area (Å²) in [4.78, 5) is 10.8. The Morgan fingerprint density at radius 2 is 1.92 bits per heavy atom. The van der Waals surface area contributed by atoms with Gasteiger partial charge in [0.25, 0.3) is 0 Å². The molecule has 1 aromatic carbocycles. The molecular formula is C9H12MgO2. The fraction of sp³-hybridized carbons (Fsp3) is 0.222. The van der Waals surface area contributed by atoms with Crippen LogP contribution in [0.1, 0.15) is 13.3 Å². The lowest BCUT2D eigenvalue weighted by Crippen LogP contribution is -2.04. The smallest absolute Gasteiger partial charge is 0.316 e. The van der Waals surface area contributed by atoms with Crippen LogP contribution in [0.2, 0.25) is 0 Å². The molecule has 0 aliphatic carbocycles. The second-order valence-electron chi connectivity index (χ2n) is 2.14. The molecule has 12 heavy (non-hydrogen) atoms. The third kappa shape index (κ3) is 3.73. The standard InChI is InChI=1S/C9H10O2.Mg.2H/c1-2-9(10)11-8-6-4-3-5-7-8;;;/h3-7H,2H2,1H3;;;. The first kappa shape index (κ1) is 11.5. The van der Waals surface area contributed by atoms with Crippen LogP contribution in [0.3, 0.4) is 0 Å². The fourth-order valence-corrected chi connectivity index (χ4v) is 0.692. The third-order valence-corrected chi connectivity index (χ3v) is 1.26. The lowest BCUT2D eigenvalue weighted by Gasteiger charge is -1.99. The van der Waals surface area contributed by atoms with E-state index in [1.165, 1.54) is 0 Å². The Morgan fingerprint density at radius 3 is 2.42 bits per heavy atom. The molecule has 62 valence electrons. The van der Waals surface area contributed by atoms with Crippen molar-refractivity contribution in [1.82, 2.24) is 0 Å². The molecule has 2 nitrogen and oxygen atoms in total. The number of ether oxygens (including phenoxy) is 1. The summed E-state index contributed by atoms with van der Waals surface area (Å²) in [5, 5.41) is 0. The van der Waals surface area contributed by atoms with Crippen LogP contribution in [-0.4, -0.2) is 29.0 Å². The van der Waals surface area contributed by atoms with E-state index in [0.717, 1.165) is 0 Å². The van der Waals surface area contributed by atoms with Crippen molar-refractivity contribution in [2.75, 3.05) is 0 Å². The SMILES string of the molecule is CCC(=O)Oc1ccccc1.[MgH2]. The van der Waals surface area contributed by atoms with Crippen molar-refractivity contribution in [1.29, 1.82) is 0 Å². The maximum Gasteiger partial charge on any atom is 0.316 e. The highest BCUT2D eigenvalue weighted by atomic mass is 24.3. The van der Waals surface area contributed by atoms with E-state index in [0.29, 0.717) is 12.2 Å². The average Bonchev–Trinajstić information content (AvgIpc) is 2.06. The average molecular weight is 176 g/mol. The molecule has 1 aromatic rings. The molecular weight excluding hydrogens is 164 g/mol. The topological polar surface area (TPSA) is 26.3 Å². The van der Waals surface area contributed by atoms with Crippen molar-refractivity contribution >= 4 is 29.0 Å². The van der Waals surface area contributed by atoms with Crippen molar-refractivity contribution in [3.8, 4) is 5.75 Å². The van der Waals surface area contributed by atoms with E-state index in [1.54, 1.807) is 19.1 Å². The van der Waals surface area contributed by atoms with Gasteiger partial charge in [-0.2, -0.15) is 0 Å². The minimum atomic E-state index is -0.198. The number of para-hydroxylation sites is 1. The van der Waals surface area contributed by atoms with Crippen molar-refractivity contribution in [2.45, 2.75) is 13.3 Å². The summed E-state index contributed by atoms with van der Waals surface area (Å²) in [5.74, 6) is 0.413. The van der Waals surface area contributed by atoms with Gasteiger partial charge in [-0.3, -0.25) is 4.79 Å². The third-order valence-electron chi connectivity index (χ3n) is 1.26. The molecule has 0 fully saturated rings. The van der Waals surface area contributed by atoms with Crippen molar-refractivity contribution in [3.63, 3.8) is 0 Å². The predicted octanol–water partition coefficient (Wildman–Crippen LogP) is 1.09. The molecule has 1 rings (SSSR count). The van der Waals surface area contributed by atoms with Crippen molar-refractivity contribution in [2.24, 2.45) is 0 Å². The Hall–Kier alpha value is -0.544. The Balaban J connectivity index is 0.00000121. The van der Waals surface area contributed by atoms with E-state index < -0.39 is 0 Å². The Morgan fingerprint density at radius 1 is 1.33 bits per heavy atom.